The Kier molecular flexibility index (Phi) is 8.70. The first kappa shape index (κ1) is 34.1. The molecule has 5 aliphatic rings. The number of nitrogens with one attached hydrogen (secondary N) is 1. The maximum absolute atomic E-state index is 13.9. The van der Waals surface area contributed by atoms with Gasteiger partial charge < -0.3 is 25.0 Å². The Bertz CT molecular complexity index is 1600. The van der Waals surface area contributed by atoms with E-state index in [1.165, 1.54) is 0 Å². The Morgan fingerprint density at radius 1 is 1.06 bits per heavy atom. The van der Waals surface area contributed by atoms with Crippen LogP contribution in [0.1, 0.15) is 73.3 Å². The van der Waals surface area contributed by atoms with Crippen LogP contribution in [0, 0.1) is 28.6 Å². The van der Waals surface area contributed by atoms with Crippen molar-refractivity contribution in [2.24, 2.45) is 28.6 Å². The molecular formula is C39H49NO6S. The van der Waals surface area contributed by atoms with Crippen molar-refractivity contribution in [3.05, 3.63) is 77.9 Å². The normalized spacial score (nSPS) is 38.5. The summed E-state index contributed by atoms with van der Waals surface area (Å²) in [5.41, 5.74) is 0.445. The smallest absolute Gasteiger partial charge is 0.193 e. The second-order valence-corrected chi connectivity index (χ2v) is 16.0. The summed E-state index contributed by atoms with van der Waals surface area (Å²) >= 11 is 1.67. The first-order valence-electron chi connectivity index (χ1n) is 16.6. The molecule has 1 heterocycles. The first-order chi connectivity index (χ1) is 21.8. The fourth-order valence-electron chi connectivity index (χ4n) is 9.93. The molecule has 2 aromatic carbocycles. The molecule has 7 rings (SSSR count). The molecule has 0 aromatic heterocycles. The molecule has 252 valence electrons. The Balaban J connectivity index is 0.00000386. The highest BCUT2D eigenvalue weighted by atomic mass is 32.2. The van der Waals surface area contributed by atoms with E-state index in [1.807, 2.05) is 37.3 Å². The van der Waals surface area contributed by atoms with Crippen LogP contribution in [0.25, 0.3) is 0 Å². The fraction of sp³-hybridized carbons (Fsp3) is 0.538. The van der Waals surface area contributed by atoms with Crippen molar-refractivity contribution in [2.45, 2.75) is 107 Å². The van der Waals surface area contributed by atoms with E-state index in [9.17, 15) is 19.8 Å². The van der Waals surface area contributed by atoms with Gasteiger partial charge in [0.05, 0.1) is 12.2 Å². The van der Waals surface area contributed by atoms with E-state index < -0.39 is 41.0 Å². The number of ketones is 2. The zero-order valence-electron chi connectivity index (χ0n) is 27.3. The summed E-state index contributed by atoms with van der Waals surface area (Å²) < 4.78 is 13.7. The summed E-state index contributed by atoms with van der Waals surface area (Å²) in [7, 11) is 0. The number of carbonyl (C=O) groups excluding carboxylic acids is 2. The van der Waals surface area contributed by atoms with Gasteiger partial charge in [-0.3, -0.25) is 9.59 Å². The second kappa shape index (κ2) is 12.0. The number of hydrogen-bond acceptors (Lipinski definition) is 8. The van der Waals surface area contributed by atoms with Crippen LogP contribution in [0.3, 0.4) is 0 Å². The zero-order chi connectivity index (χ0) is 32.6. The number of aliphatic hydroxyl groups is 2. The minimum Gasteiger partial charge on any atom is -0.393 e. The van der Waals surface area contributed by atoms with Gasteiger partial charge in [0, 0.05) is 43.8 Å². The van der Waals surface area contributed by atoms with Gasteiger partial charge in [-0.25, -0.2) is 0 Å². The molecule has 0 bridgehead atoms. The molecule has 47 heavy (non-hydrogen) atoms. The number of rotatable bonds is 7. The van der Waals surface area contributed by atoms with Crippen molar-refractivity contribution < 1.29 is 29.3 Å². The number of aliphatic hydroxyl groups excluding tert-OH is 2. The predicted octanol–water partition coefficient (Wildman–Crippen LogP) is 7.07. The van der Waals surface area contributed by atoms with Gasteiger partial charge in [-0.1, -0.05) is 56.8 Å². The number of Topliss-reactive ketones (excluding diaryl/α,β-unsaturated/α-hetero) is 1. The maximum Gasteiger partial charge on any atom is 0.193 e. The van der Waals surface area contributed by atoms with Crippen LogP contribution in [0.4, 0.5) is 5.69 Å². The monoisotopic (exact) mass is 659 g/mol. The third-order valence-corrected chi connectivity index (χ3v) is 12.9. The first-order valence-corrected chi connectivity index (χ1v) is 17.4. The van der Waals surface area contributed by atoms with Crippen molar-refractivity contribution >= 4 is 29.0 Å². The molecule has 0 unspecified atom stereocenters. The van der Waals surface area contributed by atoms with Gasteiger partial charge in [0.1, 0.15) is 6.61 Å². The molecule has 1 saturated heterocycles. The summed E-state index contributed by atoms with van der Waals surface area (Å²) in [5.74, 6) is -1.48. The molecule has 7 nitrogen and oxygen atoms in total. The van der Waals surface area contributed by atoms with Crippen molar-refractivity contribution in [3.63, 3.8) is 0 Å². The van der Waals surface area contributed by atoms with Crippen LogP contribution in [0.15, 0.2) is 82.1 Å². The lowest BCUT2D eigenvalue weighted by Gasteiger charge is -2.60. The summed E-state index contributed by atoms with van der Waals surface area (Å²) in [6, 6.07) is 16.8. The molecule has 3 saturated carbocycles. The number of anilines is 1. The minimum atomic E-state index is -1.39. The molecule has 3 N–H and O–H groups in total. The molecule has 0 spiro atoms. The van der Waals surface area contributed by atoms with Crippen LogP contribution in [-0.4, -0.2) is 52.2 Å². The van der Waals surface area contributed by atoms with Crippen molar-refractivity contribution in [1.29, 1.82) is 0 Å². The lowest BCUT2D eigenvalue weighted by Crippen LogP contribution is -2.63. The van der Waals surface area contributed by atoms with E-state index in [-0.39, 0.29) is 36.7 Å². The van der Waals surface area contributed by atoms with E-state index in [1.54, 1.807) is 23.9 Å². The summed E-state index contributed by atoms with van der Waals surface area (Å²) in [6.07, 6.45) is 6.68. The van der Waals surface area contributed by atoms with Crippen molar-refractivity contribution in [3.8, 4) is 0 Å². The third-order valence-electron chi connectivity index (χ3n) is 11.9. The van der Waals surface area contributed by atoms with E-state index >= 15 is 0 Å². The van der Waals surface area contributed by atoms with Crippen LogP contribution in [0.5, 0.6) is 0 Å². The molecule has 4 aliphatic carbocycles. The Morgan fingerprint density at radius 3 is 2.36 bits per heavy atom. The average molecular weight is 660 g/mol. The van der Waals surface area contributed by atoms with Crippen LogP contribution >= 0.6 is 11.8 Å². The molecule has 8 heteroatoms. The summed E-state index contributed by atoms with van der Waals surface area (Å²) in [4.78, 5) is 28.3. The van der Waals surface area contributed by atoms with Crippen molar-refractivity contribution in [1.82, 2.24) is 0 Å². The standard InChI is InChI=1S/C38H45NO6S.CH4/c1-22(2)39-25-9-13-28(14-10-25)46-27-11-6-23(7-12-27)37(5)44-33-19-30-29-15-8-24-18-26(41)16-17-35(24,3)34(29)31(42)20-36(30,4)38(33,45-37)32(43)21-40;/h6-7,9-14,16-18,22,29-31,33-34,39-40,42H,8,15,19-21H2,1-5H3;1H4/t29-,30-,31-,33+,34+,35-,36-,37-,38+;/m0./s1. The number of benzene rings is 2. The van der Waals surface area contributed by atoms with Crippen LogP contribution in [0.2, 0.25) is 0 Å². The minimum absolute atomic E-state index is 0. The predicted molar refractivity (Wildman–Crippen MR) is 184 cm³/mol. The molecule has 2 aromatic rings. The number of allylic oxidation sites excluding steroid dienone is 4. The Labute approximate surface area is 283 Å². The largest absolute Gasteiger partial charge is 0.393 e. The number of carbonyl (C=O) groups is 2. The van der Waals surface area contributed by atoms with E-state index in [2.05, 4.69) is 57.3 Å². The molecule has 1 aliphatic heterocycles. The second-order valence-electron chi connectivity index (χ2n) is 14.9. The van der Waals surface area contributed by atoms with Crippen LogP contribution < -0.4 is 5.32 Å². The van der Waals surface area contributed by atoms with E-state index in [4.69, 9.17) is 9.47 Å². The van der Waals surface area contributed by atoms with Crippen molar-refractivity contribution in [2.75, 3.05) is 11.9 Å². The number of hydrogen-bond donors (Lipinski definition) is 3. The maximum atomic E-state index is 13.9. The lowest BCUT2D eigenvalue weighted by atomic mass is 9.46. The van der Waals surface area contributed by atoms with Gasteiger partial charge >= 0.3 is 0 Å². The molecule has 9 atom stereocenters. The van der Waals surface area contributed by atoms with E-state index in [0.717, 1.165) is 39.5 Å². The summed E-state index contributed by atoms with van der Waals surface area (Å²) in [5, 5.41) is 25.7. The zero-order valence-corrected chi connectivity index (χ0v) is 28.1. The highest BCUT2D eigenvalue weighted by Gasteiger charge is 2.77. The van der Waals surface area contributed by atoms with Gasteiger partial charge in [-0.2, -0.15) is 0 Å². The summed E-state index contributed by atoms with van der Waals surface area (Å²) in [6.45, 7) is 9.65. The molecule has 0 amide bonds. The van der Waals surface area contributed by atoms with Gasteiger partial charge in [0.25, 0.3) is 0 Å². The van der Waals surface area contributed by atoms with Gasteiger partial charge in [0.15, 0.2) is 23.0 Å². The topological polar surface area (TPSA) is 105 Å². The highest BCUT2D eigenvalue weighted by Crippen LogP contribution is 2.71. The Morgan fingerprint density at radius 2 is 1.72 bits per heavy atom. The van der Waals surface area contributed by atoms with Gasteiger partial charge in [-0.15, -0.1) is 0 Å². The SMILES string of the molecule is C.CC(C)Nc1ccc(Sc2ccc([C@@]3(C)O[C@@H]4C[C@H]5[C@@H]6CCC7=CC(=O)C=C[C@]7(C)[C@H]6[C@@H](O)C[C@]5(C)[C@]4(C(=O)CO)O3)cc2)cc1. The Hall–Kier alpha value is -2.75. The lowest BCUT2D eigenvalue weighted by molar-refractivity contribution is -0.237. The van der Waals surface area contributed by atoms with E-state index in [0.29, 0.717) is 18.9 Å². The average Bonchev–Trinajstić information content (AvgIpc) is 3.45. The fourth-order valence-corrected chi connectivity index (χ4v) is 10.7. The molecule has 4 fully saturated rings. The van der Waals surface area contributed by atoms with Gasteiger partial charge in [-0.05, 0) is 107 Å². The molecule has 0 radical (unpaired) electrons. The van der Waals surface area contributed by atoms with Gasteiger partial charge in [0.2, 0.25) is 0 Å². The van der Waals surface area contributed by atoms with Crippen LogP contribution in [-0.2, 0) is 24.8 Å². The third kappa shape index (κ3) is 5.18. The number of fused-ring (bicyclic) bond motifs is 7. The quantitative estimate of drug-likeness (QED) is 0.290. The highest BCUT2D eigenvalue weighted by molar-refractivity contribution is 7.99. The number of ether oxygens (including phenoxy) is 2. The molecular weight excluding hydrogens is 610 g/mol.